The predicted octanol–water partition coefficient (Wildman–Crippen LogP) is 1.79. The summed E-state index contributed by atoms with van der Waals surface area (Å²) >= 11 is 0. The van der Waals surface area contributed by atoms with Crippen LogP contribution in [0.5, 0.6) is 0 Å². The fourth-order valence-electron chi connectivity index (χ4n) is 2.73. The van der Waals surface area contributed by atoms with Crippen LogP contribution < -0.4 is 5.32 Å². The number of hydrogen-bond acceptors (Lipinski definition) is 5. The summed E-state index contributed by atoms with van der Waals surface area (Å²) in [6.45, 7) is 5.48. The van der Waals surface area contributed by atoms with Crippen LogP contribution in [-0.2, 0) is 4.74 Å². The monoisotopic (exact) mass is 315 g/mol. The Morgan fingerprint density at radius 3 is 2.65 bits per heavy atom. The number of pyridine rings is 1. The van der Waals surface area contributed by atoms with Crippen molar-refractivity contribution in [2.45, 2.75) is 13.0 Å². The van der Waals surface area contributed by atoms with Crippen molar-refractivity contribution >= 4 is 5.91 Å². The molecule has 1 fully saturated rings. The Bertz CT molecular complexity index is 636. The van der Waals surface area contributed by atoms with Gasteiger partial charge in [0.2, 0.25) is 0 Å². The number of furan rings is 1. The number of aromatic nitrogens is 1. The average molecular weight is 315 g/mol. The molecular weight excluding hydrogens is 294 g/mol. The number of rotatable bonds is 5. The van der Waals surface area contributed by atoms with E-state index in [1.165, 1.54) is 0 Å². The van der Waals surface area contributed by atoms with Crippen LogP contribution in [0.3, 0.4) is 0 Å². The van der Waals surface area contributed by atoms with E-state index in [0.717, 1.165) is 24.6 Å². The first-order valence-electron chi connectivity index (χ1n) is 7.80. The summed E-state index contributed by atoms with van der Waals surface area (Å²) in [5.74, 6) is 1.65. The Labute approximate surface area is 135 Å². The van der Waals surface area contributed by atoms with E-state index in [1.807, 2.05) is 19.1 Å². The van der Waals surface area contributed by atoms with Gasteiger partial charge in [-0.25, -0.2) is 0 Å². The third-order valence-electron chi connectivity index (χ3n) is 3.97. The molecule has 0 aliphatic carbocycles. The largest absolute Gasteiger partial charge is 0.465 e. The summed E-state index contributed by atoms with van der Waals surface area (Å²) < 4.78 is 11.2. The number of nitrogens with zero attached hydrogens (tertiary/aromatic N) is 2. The minimum Gasteiger partial charge on any atom is -0.465 e. The zero-order valence-electron chi connectivity index (χ0n) is 13.2. The van der Waals surface area contributed by atoms with Gasteiger partial charge in [0, 0.05) is 37.6 Å². The highest BCUT2D eigenvalue weighted by atomic mass is 16.5. The molecule has 0 unspecified atom stereocenters. The molecule has 1 atom stereocenters. The Balaban J connectivity index is 1.69. The van der Waals surface area contributed by atoms with Gasteiger partial charge in [0.1, 0.15) is 11.5 Å². The molecule has 6 heteroatoms. The number of morpholine rings is 1. The summed E-state index contributed by atoms with van der Waals surface area (Å²) in [6.07, 6.45) is 3.23. The van der Waals surface area contributed by atoms with Crippen molar-refractivity contribution in [3.8, 4) is 0 Å². The Morgan fingerprint density at radius 2 is 2.00 bits per heavy atom. The molecule has 1 saturated heterocycles. The molecule has 0 aromatic carbocycles. The lowest BCUT2D eigenvalue weighted by atomic mass is 10.1. The second-order valence-electron chi connectivity index (χ2n) is 5.56. The molecule has 0 radical (unpaired) electrons. The maximum Gasteiger partial charge on any atom is 0.251 e. The first-order valence-corrected chi connectivity index (χ1v) is 7.80. The Kier molecular flexibility index (Phi) is 5.05. The zero-order chi connectivity index (χ0) is 16.1. The van der Waals surface area contributed by atoms with Crippen LogP contribution in [0.2, 0.25) is 0 Å². The molecular formula is C17H21N3O3. The second kappa shape index (κ2) is 7.39. The van der Waals surface area contributed by atoms with Crippen LogP contribution in [0.25, 0.3) is 0 Å². The molecule has 1 N–H and O–H groups in total. The van der Waals surface area contributed by atoms with E-state index in [-0.39, 0.29) is 11.9 Å². The summed E-state index contributed by atoms with van der Waals surface area (Å²) in [7, 11) is 0. The first kappa shape index (κ1) is 15.7. The Hall–Kier alpha value is -2.18. The molecule has 122 valence electrons. The summed E-state index contributed by atoms with van der Waals surface area (Å²) in [4.78, 5) is 18.5. The van der Waals surface area contributed by atoms with Gasteiger partial charge in [-0.2, -0.15) is 0 Å². The number of amides is 1. The van der Waals surface area contributed by atoms with E-state index in [0.29, 0.717) is 25.3 Å². The highest BCUT2D eigenvalue weighted by Gasteiger charge is 2.25. The van der Waals surface area contributed by atoms with Gasteiger partial charge in [0.05, 0.1) is 19.3 Å². The summed E-state index contributed by atoms with van der Waals surface area (Å²) in [6, 6.07) is 7.35. The van der Waals surface area contributed by atoms with Gasteiger partial charge in [-0.15, -0.1) is 0 Å². The summed E-state index contributed by atoms with van der Waals surface area (Å²) in [5.41, 5.74) is 0.608. The number of aryl methyl sites for hydroxylation is 1. The maximum atomic E-state index is 12.3. The molecule has 2 aromatic rings. The van der Waals surface area contributed by atoms with Gasteiger partial charge >= 0.3 is 0 Å². The van der Waals surface area contributed by atoms with Crippen molar-refractivity contribution in [2.24, 2.45) is 0 Å². The van der Waals surface area contributed by atoms with E-state index < -0.39 is 0 Å². The minimum atomic E-state index is -0.103. The highest BCUT2D eigenvalue weighted by Crippen LogP contribution is 2.23. The molecule has 23 heavy (non-hydrogen) atoms. The minimum absolute atomic E-state index is 0.0124. The van der Waals surface area contributed by atoms with Crippen molar-refractivity contribution < 1.29 is 13.9 Å². The quantitative estimate of drug-likeness (QED) is 0.911. The van der Waals surface area contributed by atoms with E-state index in [1.54, 1.807) is 24.5 Å². The normalized spacial score (nSPS) is 16.9. The van der Waals surface area contributed by atoms with Crippen molar-refractivity contribution in [2.75, 3.05) is 32.8 Å². The van der Waals surface area contributed by atoms with E-state index in [9.17, 15) is 4.79 Å². The molecule has 2 aromatic heterocycles. The van der Waals surface area contributed by atoms with E-state index in [2.05, 4.69) is 15.2 Å². The number of nitrogens with one attached hydrogen (secondary N) is 1. The van der Waals surface area contributed by atoms with Crippen LogP contribution >= 0.6 is 0 Å². The smallest absolute Gasteiger partial charge is 0.251 e. The first-order chi connectivity index (χ1) is 11.2. The van der Waals surface area contributed by atoms with Crippen LogP contribution in [0.1, 0.15) is 27.9 Å². The van der Waals surface area contributed by atoms with Crippen LogP contribution in [0.15, 0.2) is 41.1 Å². The van der Waals surface area contributed by atoms with Gasteiger partial charge in [-0.05, 0) is 31.2 Å². The van der Waals surface area contributed by atoms with Crippen LogP contribution in [0, 0.1) is 6.92 Å². The van der Waals surface area contributed by atoms with Gasteiger partial charge in [0.25, 0.3) is 5.91 Å². The molecule has 0 spiro atoms. The molecule has 1 amide bonds. The van der Waals surface area contributed by atoms with E-state index in [4.69, 9.17) is 9.15 Å². The zero-order valence-corrected chi connectivity index (χ0v) is 13.2. The lowest BCUT2D eigenvalue weighted by Gasteiger charge is -2.33. The lowest BCUT2D eigenvalue weighted by Crippen LogP contribution is -2.43. The van der Waals surface area contributed by atoms with Gasteiger partial charge in [-0.1, -0.05) is 0 Å². The number of carbonyl (C=O) groups is 1. The topological polar surface area (TPSA) is 67.6 Å². The molecule has 0 bridgehead atoms. The van der Waals surface area contributed by atoms with Crippen LogP contribution in [-0.4, -0.2) is 48.6 Å². The van der Waals surface area contributed by atoms with Crippen molar-refractivity contribution in [3.05, 3.63) is 53.7 Å². The van der Waals surface area contributed by atoms with Crippen molar-refractivity contribution in [1.29, 1.82) is 0 Å². The number of hydrogen-bond donors (Lipinski definition) is 1. The van der Waals surface area contributed by atoms with Gasteiger partial charge < -0.3 is 14.5 Å². The number of carbonyl (C=O) groups excluding carboxylic acids is 1. The molecule has 6 nitrogen and oxygen atoms in total. The highest BCUT2D eigenvalue weighted by molar-refractivity contribution is 5.93. The van der Waals surface area contributed by atoms with Crippen molar-refractivity contribution in [3.63, 3.8) is 0 Å². The van der Waals surface area contributed by atoms with Crippen molar-refractivity contribution in [1.82, 2.24) is 15.2 Å². The third kappa shape index (κ3) is 3.97. The molecule has 1 aliphatic heterocycles. The molecule has 3 heterocycles. The van der Waals surface area contributed by atoms with Gasteiger partial charge in [-0.3, -0.25) is 14.7 Å². The second-order valence-corrected chi connectivity index (χ2v) is 5.56. The Morgan fingerprint density at radius 1 is 1.26 bits per heavy atom. The molecule has 1 aliphatic rings. The third-order valence-corrected chi connectivity index (χ3v) is 3.97. The standard InChI is InChI=1S/C17H21N3O3/c1-13-2-3-16(23-13)15(20-8-10-22-11-9-20)12-19-17(21)14-4-6-18-7-5-14/h2-7,15H,8-12H2,1H3,(H,19,21)/t15-/m1/s1. The average Bonchev–Trinajstić information content (AvgIpc) is 3.03. The van der Waals surface area contributed by atoms with E-state index >= 15 is 0 Å². The molecule has 3 rings (SSSR count). The van der Waals surface area contributed by atoms with Gasteiger partial charge in [0.15, 0.2) is 0 Å². The predicted molar refractivity (Wildman–Crippen MR) is 85.1 cm³/mol. The summed E-state index contributed by atoms with van der Waals surface area (Å²) in [5, 5.41) is 2.99. The SMILES string of the molecule is Cc1ccc([C@@H](CNC(=O)c2ccncc2)N2CCOCC2)o1. The van der Waals surface area contributed by atoms with Crippen LogP contribution in [0.4, 0.5) is 0 Å². The number of ether oxygens (including phenoxy) is 1. The fraction of sp³-hybridized carbons (Fsp3) is 0.412. The lowest BCUT2D eigenvalue weighted by molar-refractivity contribution is 0.0117. The maximum absolute atomic E-state index is 12.3. The molecule has 0 saturated carbocycles. The fourth-order valence-corrected chi connectivity index (χ4v) is 2.73.